The minimum Gasteiger partial charge on any atom is -0.456 e. The second-order valence-electron chi connectivity index (χ2n) is 7.40. The van der Waals surface area contributed by atoms with E-state index in [1.807, 2.05) is 0 Å². The van der Waals surface area contributed by atoms with Gasteiger partial charge in [-0.3, -0.25) is 0 Å². The second-order valence-corrected chi connectivity index (χ2v) is 7.40. The molecule has 3 unspecified atom stereocenters. The molecule has 4 aliphatic carbocycles. The van der Waals surface area contributed by atoms with Crippen molar-refractivity contribution in [1.82, 2.24) is 0 Å². The van der Waals surface area contributed by atoms with Gasteiger partial charge < -0.3 is 9.47 Å². The Kier molecular flexibility index (Phi) is 3.68. The van der Waals surface area contributed by atoms with Gasteiger partial charge in [-0.1, -0.05) is 6.92 Å². The predicted octanol–water partition coefficient (Wildman–Crippen LogP) is 2.94. The zero-order chi connectivity index (χ0) is 16.1. The largest absolute Gasteiger partial charge is 0.456 e. The van der Waals surface area contributed by atoms with Crippen LogP contribution in [0, 0.1) is 23.7 Å². The zero-order valence-electron chi connectivity index (χ0n) is 12.9. The van der Waals surface area contributed by atoms with Gasteiger partial charge in [-0.2, -0.15) is 8.78 Å². The van der Waals surface area contributed by atoms with Crippen LogP contribution in [0.4, 0.5) is 8.78 Å². The summed E-state index contributed by atoms with van der Waals surface area (Å²) in [6, 6.07) is 0. The Bertz CT molecular complexity index is 471. The van der Waals surface area contributed by atoms with Gasteiger partial charge in [0.1, 0.15) is 5.60 Å². The second kappa shape index (κ2) is 5.17. The van der Waals surface area contributed by atoms with Crippen LogP contribution < -0.4 is 0 Å². The molecule has 0 aliphatic heterocycles. The maximum atomic E-state index is 12.7. The molecule has 4 rings (SSSR count). The van der Waals surface area contributed by atoms with E-state index in [1.54, 1.807) is 0 Å². The third-order valence-corrected chi connectivity index (χ3v) is 5.74. The smallest absolute Gasteiger partial charge is 0.377 e. The van der Waals surface area contributed by atoms with Crippen LogP contribution in [-0.2, 0) is 19.1 Å². The molecule has 4 saturated carbocycles. The van der Waals surface area contributed by atoms with Crippen molar-refractivity contribution in [3.8, 4) is 0 Å². The Morgan fingerprint density at radius 1 is 1.18 bits per heavy atom. The van der Waals surface area contributed by atoms with Crippen LogP contribution in [0.25, 0.3) is 0 Å². The van der Waals surface area contributed by atoms with Crippen LogP contribution in [0.3, 0.4) is 0 Å². The van der Waals surface area contributed by atoms with Crippen molar-refractivity contribution in [2.75, 3.05) is 6.61 Å². The predicted molar refractivity (Wildman–Crippen MR) is 73.1 cm³/mol. The molecule has 3 atom stereocenters. The Balaban J connectivity index is 1.60. The molecular formula is C16H22F2O4. The first kappa shape index (κ1) is 15.7. The Morgan fingerprint density at radius 3 is 2.32 bits per heavy atom. The maximum Gasteiger partial charge on any atom is 0.377 e. The van der Waals surface area contributed by atoms with Gasteiger partial charge in [-0.15, -0.1) is 0 Å². The van der Waals surface area contributed by atoms with Crippen LogP contribution in [0.2, 0.25) is 0 Å². The molecule has 0 aromatic carbocycles. The number of esters is 2. The quantitative estimate of drug-likeness (QED) is 0.748. The lowest BCUT2D eigenvalue weighted by molar-refractivity contribution is -0.211. The standard InChI is InChI=1S/C16H22F2O4/c1-9-12-4-10-3-11(5-12)7-16(9,6-10)22-13(19)8-21-14(20)15(2,17)18/h9-12H,3-8H2,1-2H3. The van der Waals surface area contributed by atoms with E-state index in [2.05, 4.69) is 11.7 Å². The Labute approximate surface area is 128 Å². The molecule has 0 heterocycles. The fraction of sp³-hybridized carbons (Fsp3) is 0.875. The number of ether oxygens (including phenoxy) is 2. The van der Waals surface area contributed by atoms with E-state index in [0.29, 0.717) is 24.7 Å². The van der Waals surface area contributed by atoms with Gasteiger partial charge in [0.2, 0.25) is 0 Å². The van der Waals surface area contributed by atoms with Gasteiger partial charge in [0.25, 0.3) is 0 Å². The molecule has 4 fully saturated rings. The summed E-state index contributed by atoms with van der Waals surface area (Å²) in [6.07, 6.45) is 5.32. The number of rotatable bonds is 4. The third-order valence-electron chi connectivity index (χ3n) is 5.74. The highest BCUT2D eigenvalue weighted by Gasteiger charge is 2.57. The Morgan fingerprint density at radius 2 is 1.77 bits per heavy atom. The van der Waals surface area contributed by atoms with Crippen molar-refractivity contribution in [3.05, 3.63) is 0 Å². The molecule has 0 saturated heterocycles. The SMILES string of the molecule is CC1C2CC3CC(C2)CC1(OC(=O)COC(=O)C(C)(F)F)C3. The van der Waals surface area contributed by atoms with Crippen molar-refractivity contribution < 1.29 is 27.8 Å². The summed E-state index contributed by atoms with van der Waals surface area (Å²) in [5, 5.41) is 0. The van der Waals surface area contributed by atoms with Crippen molar-refractivity contribution in [3.63, 3.8) is 0 Å². The van der Waals surface area contributed by atoms with Crippen LogP contribution in [0.5, 0.6) is 0 Å². The third kappa shape index (κ3) is 2.72. The summed E-state index contributed by atoms with van der Waals surface area (Å²) >= 11 is 0. The van der Waals surface area contributed by atoms with Crippen molar-refractivity contribution in [2.24, 2.45) is 23.7 Å². The van der Waals surface area contributed by atoms with E-state index in [4.69, 9.17) is 4.74 Å². The van der Waals surface area contributed by atoms with E-state index < -0.39 is 30.1 Å². The van der Waals surface area contributed by atoms with Gasteiger partial charge >= 0.3 is 17.9 Å². The highest BCUT2D eigenvalue weighted by atomic mass is 19.3. The minimum absolute atomic E-state index is 0.285. The molecule has 4 nitrogen and oxygen atoms in total. The van der Waals surface area contributed by atoms with E-state index in [9.17, 15) is 18.4 Å². The molecule has 22 heavy (non-hydrogen) atoms. The molecule has 0 amide bonds. The number of halogens is 2. The van der Waals surface area contributed by atoms with Crippen LogP contribution in [0.15, 0.2) is 0 Å². The molecule has 0 radical (unpaired) electrons. The molecule has 124 valence electrons. The normalized spacial score (nSPS) is 39.6. The summed E-state index contributed by atoms with van der Waals surface area (Å²) in [4.78, 5) is 23.0. The molecule has 4 bridgehead atoms. The summed E-state index contributed by atoms with van der Waals surface area (Å²) in [6.45, 7) is 1.82. The van der Waals surface area contributed by atoms with Crippen LogP contribution in [-0.4, -0.2) is 30.1 Å². The zero-order valence-corrected chi connectivity index (χ0v) is 12.9. The van der Waals surface area contributed by atoms with Crippen molar-refractivity contribution in [1.29, 1.82) is 0 Å². The summed E-state index contributed by atoms with van der Waals surface area (Å²) in [5.41, 5.74) is -0.479. The average Bonchev–Trinajstić information content (AvgIpc) is 2.40. The summed E-state index contributed by atoms with van der Waals surface area (Å²) in [5.74, 6) is -3.93. The first-order chi connectivity index (χ1) is 10.2. The number of hydrogen-bond acceptors (Lipinski definition) is 4. The fourth-order valence-electron chi connectivity index (χ4n) is 4.90. The van der Waals surface area contributed by atoms with E-state index in [0.717, 1.165) is 12.8 Å². The lowest BCUT2D eigenvalue weighted by atomic mass is 9.50. The van der Waals surface area contributed by atoms with Crippen LogP contribution in [0.1, 0.15) is 46.0 Å². The van der Waals surface area contributed by atoms with Gasteiger partial charge in [-0.25, -0.2) is 9.59 Å². The van der Waals surface area contributed by atoms with Gasteiger partial charge in [0.05, 0.1) is 0 Å². The fourth-order valence-corrected chi connectivity index (χ4v) is 4.90. The number of carbonyl (C=O) groups excluding carboxylic acids is 2. The highest BCUT2D eigenvalue weighted by molar-refractivity contribution is 5.80. The molecule has 0 spiro atoms. The number of alkyl halides is 2. The molecule has 0 aromatic rings. The van der Waals surface area contributed by atoms with E-state index in [1.165, 1.54) is 19.3 Å². The van der Waals surface area contributed by atoms with Crippen molar-refractivity contribution >= 4 is 11.9 Å². The van der Waals surface area contributed by atoms with E-state index in [-0.39, 0.29) is 5.92 Å². The average molecular weight is 316 g/mol. The van der Waals surface area contributed by atoms with E-state index >= 15 is 0 Å². The summed E-state index contributed by atoms with van der Waals surface area (Å²) < 4.78 is 35.5. The van der Waals surface area contributed by atoms with Crippen LogP contribution >= 0.6 is 0 Å². The number of hydrogen-bond donors (Lipinski definition) is 0. The summed E-state index contributed by atoms with van der Waals surface area (Å²) in [7, 11) is 0. The van der Waals surface area contributed by atoms with Gasteiger partial charge in [0.15, 0.2) is 6.61 Å². The molecular weight excluding hydrogens is 294 g/mol. The highest BCUT2D eigenvalue weighted by Crippen LogP contribution is 2.59. The lowest BCUT2D eigenvalue weighted by Gasteiger charge is -2.59. The first-order valence-electron chi connectivity index (χ1n) is 7.96. The van der Waals surface area contributed by atoms with Crippen molar-refractivity contribution in [2.45, 2.75) is 57.5 Å². The molecule has 4 aliphatic rings. The van der Waals surface area contributed by atoms with Gasteiger partial charge in [0, 0.05) is 6.92 Å². The Hall–Kier alpha value is -1.20. The monoisotopic (exact) mass is 316 g/mol. The molecule has 6 heteroatoms. The maximum absolute atomic E-state index is 12.7. The minimum atomic E-state index is -3.59. The topological polar surface area (TPSA) is 52.6 Å². The molecule has 0 N–H and O–H groups in total. The van der Waals surface area contributed by atoms with Gasteiger partial charge in [-0.05, 0) is 55.8 Å². The first-order valence-corrected chi connectivity index (χ1v) is 7.96. The number of carbonyl (C=O) groups is 2. The molecule has 0 aromatic heterocycles. The lowest BCUT2D eigenvalue weighted by Crippen LogP contribution is -2.58.